The molecule has 2 aliphatic rings. The fourth-order valence-corrected chi connectivity index (χ4v) is 5.08. The van der Waals surface area contributed by atoms with Crippen molar-refractivity contribution < 1.29 is 0 Å². The van der Waals surface area contributed by atoms with Crippen molar-refractivity contribution in [1.82, 2.24) is 0 Å². The molecule has 0 N–H and O–H groups in total. The van der Waals surface area contributed by atoms with E-state index >= 15 is 0 Å². The van der Waals surface area contributed by atoms with Gasteiger partial charge in [-0.05, 0) is 66.0 Å². The maximum atomic E-state index is 2.57. The highest BCUT2D eigenvalue weighted by Gasteiger charge is 2.35. The van der Waals surface area contributed by atoms with Crippen molar-refractivity contribution in [1.29, 1.82) is 0 Å². The summed E-state index contributed by atoms with van der Waals surface area (Å²) in [7, 11) is 0. The first-order chi connectivity index (χ1) is 11.5. The Labute approximate surface area is 146 Å². The van der Waals surface area contributed by atoms with Crippen LogP contribution in [0, 0.1) is 5.92 Å². The van der Waals surface area contributed by atoms with Gasteiger partial charge in [0.05, 0.1) is 0 Å². The molecule has 0 saturated heterocycles. The lowest BCUT2D eigenvalue weighted by atomic mass is 9.85. The normalized spacial score (nSPS) is 28.1. The second-order valence-corrected chi connectivity index (χ2v) is 7.90. The number of nitrogens with zero attached hydrogens (tertiary/aromatic N) is 1. The van der Waals surface area contributed by atoms with Gasteiger partial charge in [0, 0.05) is 24.2 Å². The van der Waals surface area contributed by atoms with Crippen molar-refractivity contribution in [3.8, 4) is 11.1 Å². The van der Waals surface area contributed by atoms with E-state index in [-0.39, 0.29) is 0 Å². The summed E-state index contributed by atoms with van der Waals surface area (Å²) in [5.41, 5.74) is 9.14. The van der Waals surface area contributed by atoms with Gasteiger partial charge in [-0.1, -0.05) is 51.1 Å². The van der Waals surface area contributed by atoms with Crippen molar-refractivity contribution in [2.75, 3.05) is 11.4 Å². The Morgan fingerprint density at radius 2 is 1.54 bits per heavy atom. The summed E-state index contributed by atoms with van der Waals surface area (Å²) in [6.45, 7) is 12.9. The molecule has 24 heavy (non-hydrogen) atoms. The van der Waals surface area contributed by atoms with Gasteiger partial charge in [-0.25, -0.2) is 0 Å². The molecular formula is C23H29N. The molecule has 0 radical (unpaired) electrons. The largest absolute Gasteiger partial charge is 0.368 e. The molecule has 126 valence electrons. The van der Waals surface area contributed by atoms with E-state index in [1.807, 2.05) is 0 Å². The number of fused-ring (bicyclic) bond motifs is 2. The van der Waals surface area contributed by atoms with E-state index in [1.54, 1.807) is 16.7 Å². The Hall–Kier alpha value is -1.76. The minimum absolute atomic E-state index is 0.583. The van der Waals surface area contributed by atoms with Crippen molar-refractivity contribution in [3.63, 3.8) is 0 Å². The lowest BCUT2D eigenvalue weighted by Crippen LogP contribution is -2.30. The maximum absolute atomic E-state index is 2.57. The molecule has 2 aromatic rings. The van der Waals surface area contributed by atoms with Crippen LogP contribution in [0.15, 0.2) is 36.4 Å². The monoisotopic (exact) mass is 319 g/mol. The van der Waals surface area contributed by atoms with Crippen LogP contribution >= 0.6 is 0 Å². The van der Waals surface area contributed by atoms with Crippen molar-refractivity contribution in [3.05, 3.63) is 53.1 Å². The Balaban J connectivity index is 1.93. The van der Waals surface area contributed by atoms with Crippen molar-refractivity contribution in [2.24, 2.45) is 5.92 Å². The van der Waals surface area contributed by atoms with Crippen LogP contribution in [-0.4, -0.2) is 12.6 Å². The molecule has 0 amide bonds. The standard InChI is InChI=1S/C23H29N/c1-6-24-17(5)16(4)23-20(11-8-12-21(23)24)19-10-7-9-18-13-14(2)15(3)22(18)19/h7-12,14-17H,6,13H2,1-5H3/t14-,15-,16-,17+/m1/s1. The molecule has 1 nitrogen and oxygen atoms in total. The van der Waals surface area contributed by atoms with Crippen LogP contribution in [0.2, 0.25) is 0 Å². The van der Waals surface area contributed by atoms with Crippen LogP contribution in [0.1, 0.15) is 63.1 Å². The molecule has 1 aliphatic carbocycles. The van der Waals surface area contributed by atoms with Crippen LogP contribution in [0.4, 0.5) is 5.69 Å². The molecule has 1 heterocycles. The Bertz CT molecular complexity index is 776. The molecule has 1 heteroatoms. The van der Waals surface area contributed by atoms with Crippen LogP contribution in [0.3, 0.4) is 0 Å². The van der Waals surface area contributed by atoms with E-state index in [0.717, 1.165) is 12.5 Å². The van der Waals surface area contributed by atoms with E-state index in [2.05, 4.69) is 75.9 Å². The summed E-state index contributed by atoms with van der Waals surface area (Å²) < 4.78 is 0. The van der Waals surface area contributed by atoms with E-state index < -0.39 is 0 Å². The zero-order valence-electron chi connectivity index (χ0n) is 15.6. The minimum atomic E-state index is 0.583. The molecule has 0 spiro atoms. The smallest absolute Gasteiger partial charge is 0.0411 e. The third kappa shape index (κ3) is 2.06. The van der Waals surface area contributed by atoms with Crippen molar-refractivity contribution >= 4 is 5.69 Å². The van der Waals surface area contributed by atoms with Crippen LogP contribution in [0.25, 0.3) is 11.1 Å². The van der Waals surface area contributed by atoms with Crippen molar-refractivity contribution in [2.45, 2.75) is 58.9 Å². The second kappa shape index (κ2) is 5.65. The predicted octanol–water partition coefficient (Wildman–Crippen LogP) is 5.98. The highest BCUT2D eigenvalue weighted by atomic mass is 15.2. The molecule has 1 aliphatic heterocycles. The molecule has 0 bridgehead atoms. The molecule has 4 rings (SSSR count). The maximum Gasteiger partial charge on any atom is 0.0411 e. The summed E-state index contributed by atoms with van der Waals surface area (Å²) in [5.74, 6) is 1.99. The molecule has 0 unspecified atom stereocenters. The molecule has 0 aromatic heterocycles. The molecule has 4 atom stereocenters. The first-order valence-corrected chi connectivity index (χ1v) is 9.56. The van der Waals surface area contributed by atoms with Gasteiger partial charge in [-0.2, -0.15) is 0 Å². The lowest BCUT2D eigenvalue weighted by molar-refractivity contribution is 0.532. The van der Waals surface area contributed by atoms with Crippen LogP contribution in [0.5, 0.6) is 0 Å². The first-order valence-electron chi connectivity index (χ1n) is 9.56. The fraction of sp³-hybridized carbons (Fsp3) is 0.478. The summed E-state index contributed by atoms with van der Waals surface area (Å²) in [4.78, 5) is 2.57. The van der Waals surface area contributed by atoms with Gasteiger partial charge in [0.15, 0.2) is 0 Å². The van der Waals surface area contributed by atoms with Gasteiger partial charge in [0.1, 0.15) is 0 Å². The van der Waals surface area contributed by atoms with Gasteiger partial charge < -0.3 is 4.90 Å². The highest BCUT2D eigenvalue weighted by Crippen LogP contribution is 2.49. The number of hydrogen-bond acceptors (Lipinski definition) is 1. The Morgan fingerprint density at radius 1 is 0.875 bits per heavy atom. The van der Waals surface area contributed by atoms with Gasteiger partial charge >= 0.3 is 0 Å². The zero-order valence-corrected chi connectivity index (χ0v) is 15.6. The second-order valence-electron chi connectivity index (χ2n) is 7.90. The third-order valence-corrected chi connectivity index (χ3v) is 6.74. The van der Waals surface area contributed by atoms with Crippen LogP contribution in [-0.2, 0) is 6.42 Å². The van der Waals surface area contributed by atoms with Gasteiger partial charge in [0.2, 0.25) is 0 Å². The number of hydrogen-bond donors (Lipinski definition) is 0. The summed E-state index contributed by atoms with van der Waals surface area (Å²) in [6.07, 6.45) is 1.23. The summed E-state index contributed by atoms with van der Waals surface area (Å²) in [6, 6.07) is 14.5. The quantitative estimate of drug-likeness (QED) is 0.658. The number of benzene rings is 2. The molecule has 2 aromatic carbocycles. The van der Waals surface area contributed by atoms with Gasteiger partial charge in [0.25, 0.3) is 0 Å². The summed E-state index contributed by atoms with van der Waals surface area (Å²) >= 11 is 0. The highest BCUT2D eigenvalue weighted by molar-refractivity contribution is 5.81. The Morgan fingerprint density at radius 3 is 2.25 bits per heavy atom. The van der Waals surface area contributed by atoms with E-state index in [1.165, 1.54) is 23.2 Å². The van der Waals surface area contributed by atoms with E-state index in [9.17, 15) is 0 Å². The van der Waals surface area contributed by atoms with Gasteiger partial charge in [-0.15, -0.1) is 0 Å². The average molecular weight is 319 g/mol. The van der Waals surface area contributed by atoms with E-state index in [4.69, 9.17) is 0 Å². The average Bonchev–Trinajstić information content (AvgIpc) is 3.02. The lowest BCUT2D eigenvalue weighted by Gasteiger charge is -2.24. The zero-order chi connectivity index (χ0) is 17.0. The minimum Gasteiger partial charge on any atom is -0.368 e. The number of anilines is 1. The molecule has 0 saturated carbocycles. The van der Waals surface area contributed by atoms with E-state index in [0.29, 0.717) is 17.9 Å². The molecular weight excluding hydrogens is 290 g/mol. The topological polar surface area (TPSA) is 3.24 Å². The SMILES string of the molecule is CCN1c2cccc(-c3cccc4c3[C@H](C)[C@H](C)C4)c2[C@H](C)[C@@H]1C. The predicted molar refractivity (Wildman–Crippen MR) is 104 cm³/mol. The van der Waals surface area contributed by atoms with Gasteiger partial charge in [-0.3, -0.25) is 0 Å². The Kier molecular flexibility index (Phi) is 3.71. The fourth-order valence-electron chi connectivity index (χ4n) is 5.08. The number of likely N-dealkylation sites (N-methyl/N-ethyl adjacent to an activating group) is 1. The molecule has 0 fully saturated rings. The van der Waals surface area contributed by atoms with Crippen LogP contribution < -0.4 is 4.90 Å². The first kappa shape index (κ1) is 15.7. The summed E-state index contributed by atoms with van der Waals surface area (Å²) in [5, 5.41) is 0. The third-order valence-electron chi connectivity index (χ3n) is 6.74. The number of rotatable bonds is 2.